The lowest BCUT2D eigenvalue weighted by Crippen LogP contribution is -2.45. The molecule has 3 heteroatoms. The molecule has 1 atom stereocenters. The van der Waals surface area contributed by atoms with Gasteiger partial charge in [0.15, 0.2) is 0 Å². The van der Waals surface area contributed by atoms with Crippen LogP contribution in [0.25, 0.3) is 0 Å². The van der Waals surface area contributed by atoms with Gasteiger partial charge in [0.05, 0.1) is 0 Å². The highest BCUT2D eigenvalue weighted by Gasteiger charge is 2.32. The maximum absolute atomic E-state index is 10.9. The highest BCUT2D eigenvalue weighted by molar-refractivity contribution is 6.34. The molecule has 0 saturated carbocycles. The first-order chi connectivity index (χ1) is 4.13. The van der Waals surface area contributed by atoms with Crippen LogP contribution in [0.2, 0.25) is 0 Å². The highest BCUT2D eigenvalue weighted by Crippen LogP contribution is 2.23. The summed E-state index contributed by atoms with van der Waals surface area (Å²) >= 11 is 5.81. The third-order valence-electron chi connectivity index (χ3n) is 1.58. The zero-order valence-electron chi connectivity index (χ0n) is 5.41. The maximum Gasteiger partial charge on any atom is 0.240 e. The fourth-order valence-electron chi connectivity index (χ4n) is 0.920. The van der Waals surface area contributed by atoms with E-state index in [-0.39, 0.29) is 5.91 Å². The Labute approximate surface area is 59.6 Å². The van der Waals surface area contributed by atoms with Crippen LogP contribution in [0.15, 0.2) is 0 Å². The third kappa shape index (κ3) is 1.36. The Morgan fingerprint density at radius 3 is 2.78 bits per heavy atom. The first-order valence-corrected chi connectivity index (χ1v) is 3.48. The Morgan fingerprint density at radius 2 is 2.44 bits per heavy atom. The molecule has 1 aliphatic rings. The van der Waals surface area contributed by atoms with Gasteiger partial charge in [-0.25, -0.2) is 0 Å². The van der Waals surface area contributed by atoms with Crippen molar-refractivity contribution in [2.45, 2.75) is 24.6 Å². The monoisotopic (exact) mass is 147 g/mol. The normalized spacial score (nSPS) is 36.0. The molecular weight excluding hydrogens is 138 g/mol. The van der Waals surface area contributed by atoms with E-state index in [0.29, 0.717) is 0 Å². The van der Waals surface area contributed by atoms with E-state index >= 15 is 0 Å². The summed E-state index contributed by atoms with van der Waals surface area (Å²) in [6, 6.07) is 0. The van der Waals surface area contributed by atoms with E-state index in [1.165, 1.54) is 0 Å². The van der Waals surface area contributed by atoms with Crippen molar-refractivity contribution in [3.8, 4) is 0 Å². The van der Waals surface area contributed by atoms with Crippen molar-refractivity contribution in [1.82, 2.24) is 5.32 Å². The largest absolute Gasteiger partial charge is 0.355 e. The van der Waals surface area contributed by atoms with Crippen molar-refractivity contribution in [1.29, 1.82) is 0 Å². The van der Waals surface area contributed by atoms with E-state index in [0.717, 1.165) is 19.4 Å². The molecule has 1 unspecified atom stereocenters. The number of halogens is 1. The van der Waals surface area contributed by atoms with Gasteiger partial charge in [0.2, 0.25) is 5.91 Å². The topological polar surface area (TPSA) is 29.1 Å². The first kappa shape index (κ1) is 6.87. The van der Waals surface area contributed by atoms with Gasteiger partial charge in [0, 0.05) is 6.54 Å². The minimum absolute atomic E-state index is 0.0320. The molecule has 1 heterocycles. The second-order valence-electron chi connectivity index (χ2n) is 2.56. The van der Waals surface area contributed by atoms with Gasteiger partial charge in [-0.1, -0.05) is 0 Å². The summed E-state index contributed by atoms with van der Waals surface area (Å²) in [5.41, 5.74) is 0. The van der Waals surface area contributed by atoms with Gasteiger partial charge >= 0.3 is 0 Å². The molecule has 2 nitrogen and oxygen atoms in total. The lowest BCUT2D eigenvalue weighted by atomic mass is 10.0. The molecule has 52 valence electrons. The van der Waals surface area contributed by atoms with Crippen LogP contribution >= 0.6 is 11.6 Å². The second-order valence-corrected chi connectivity index (χ2v) is 3.39. The molecule has 1 aliphatic heterocycles. The Hall–Kier alpha value is -0.240. The molecule has 0 aromatic rings. The van der Waals surface area contributed by atoms with Gasteiger partial charge in [-0.3, -0.25) is 4.79 Å². The molecule has 0 radical (unpaired) electrons. The molecule has 0 aromatic heterocycles. The smallest absolute Gasteiger partial charge is 0.240 e. The zero-order chi connectivity index (χ0) is 6.91. The first-order valence-electron chi connectivity index (χ1n) is 3.10. The highest BCUT2D eigenvalue weighted by atomic mass is 35.5. The average molecular weight is 148 g/mol. The van der Waals surface area contributed by atoms with E-state index in [1.807, 2.05) is 0 Å². The summed E-state index contributed by atoms with van der Waals surface area (Å²) in [5.74, 6) is -0.0320. The molecule has 0 aromatic carbocycles. The number of rotatable bonds is 0. The van der Waals surface area contributed by atoms with Crippen LogP contribution < -0.4 is 5.32 Å². The van der Waals surface area contributed by atoms with Gasteiger partial charge < -0.3 is 5.32 Å². The minimum Gasteiger partial charge on any atom is -0.355 e. The summed E-state index contributed by atoms with van der Waals surface area (Å²) < 4.78 is 0. The number of carbonyl (C=O) groups is 1. The molecule has 0 spiro atoms. The van der Waals surface area contributed by atoms with E-state index < -0.39 is 4.87 Å². The number of nitrogens with one attached hydrogen (secondary N) is 1. The van der Waals surface area contributed by atoms with E-state index in [9.17, 15) is 4.79 Å². The van der Waals surface area contributed by atoms with Crippen molar-refractivity contribution in [3.05, 3.63) is 0 Å². The molecular formula is C6H10ClNO. The Balaban J connectivity index is 2.60. The van der Waals surface area contributed by atoms with Crippen LogP contribution in [0, 0.1) is 0 Å². The summed E-state index contributed by atoms with van der Waals surface area (Å²) in [4.78, 5) is 10.2. The van der Waals surface area contributed by atoms with Gasteiger partial charge in [-0.05, 0) is 19.8 Å². The number of hydrogen-bond acceptors (Lipinski definition) is 1. The SMILES string of the molecule is CC1(Cl)CCCNC1=O. The number of amides is 1. The minimum atomic E-state index is -0.641. The average Bonchev–Trinajstić information content (AvgIpc) is 1.77. The van der Waals surface area contributed by atoms with Crippen LogP contribution in [-0.4, -0.2) is 17.3 Å². The summed E-state index contributed by atoms with van der Waals surface area (Å²) in [7, 11) is 0. The van der Waals surface area contributed by atoms with Crippen LogP contribution in [0.4, 0.5) is 0 Å². The summed E-state index contributed by atoms with van der Waals surface area (Å²) in [5, 5.41) is 2.70. The fraction of sp³-hybridized carbons (Fsp3) is 0.833. The van der Waals surface area contributed by atoms with Crippen LogP contribution in [-0.2, 0) is 4.79 Å². The lowest BCUT2D eigenvalue weighted by molar-refractivity contribution is -0.124. The van der Waals surface area contributed by atoms with Crippen LogP contribution in [0.3, 0.4) is 0 Å². The second kappa shape index (κ2) is 2.18. The van der Waals surface area contributed by atoms with Crippen molar-refractivity contribution in [2.75, 3.05) is 6.54 Å². The van der Waals surface area contributed by atoms with Gasteiger partial charge in [-0.2, -0.15) is 0 Å². The standard InChI is InChI=1S/C6H10ClNO/c1-6(7)3-2-4-8-5(6)9/h2-4H2,1H3,(H,8,9). The van der Waals surface area contributed by atoms with Crippen molar-refractivity contribution >= 4 is 17.5 Å². The van der Waals surface area contributed by atoms with E-state index in [2.05, 4.69) is 5.32 Å². The van der Waals surface area contributed by atoms with Crippen LogP contribution in [0.1, 0.15) is 19.8 Å². The van der Waals surface area contributed by atoms with E-state index in [1.54, 1.807) is 6.92 Å². The van der Waals surface area contributed by atoms with Crippen molar-refractivity contribution in [3.63, 3.8) is 0 Å². The number of carbonyl (C=O) groups excluding carboxylic acids is 1. The van der Waals surface area contributed by atoms with Crippen molar-refractivity contribution in [2.24, 2.45) is 0 Å². The third-order valence-corrected chi connectivity index (χ3v) is 1.94. The van der Waals surface area contributed by atoms with Gasteiger partial charge in [-0.15, -0.1) is 11.6 Å². The molecule has 9 heavy (non-hydrogen) atoms. The predicted octanol–water partition coefficient (Wildman–Crippen LogP) is 0.894. The Kier molecular flexibility index (Phi) is 1.66. The van der Waals surface area contributed by atoms with Crippen molar-refractivity contribution < 1.29 is 4.79 Å². The molecule has 1 fully saturated rings. The quantitative estimate of drug-likeness (QED) is 0.507. The zero-order valence-corrected chi connectivity index (χ0v) is 6.16. The lowest BCUT2D eigenvalue weighted by Gasteiger charge is -2.25. The van der Waals surface area contributed by atoms with E-state index in [4.69, 9.17) is 11.6 Å². The molecule has 0 aliphatic carbocycles. The summed E-state index contributed by atoms with van der Waals surface area (Å²) in [6.45, 7) is 2.53. The Morgan fingerprint density at radius 1 is 1.78 bits per heavy atom. The molecule has 1 amide bonds. The Bertz CT molecular complexity index is 133. The number of piperidine rings is 1. The molecule has 1 rings (SSSR count). The number of alkyl halides is 1. The maximum atomic E-state index is 10.9. The molecule has 0 bridgehead atoms. The number of hydrogen-bond donors (Lipinski definition) is 1. The van der Waals surface area contributed by atoms with Gasteiger partial charge in [0.25, 0.3) is 0 Å². The molecule has 1 saturated heterocycles. The van der Waals surface area contributed by atoms with Gasteiger partial charge in [0.1, 0.15) is 4.87 Å². The molecule has 1 N–H and O–H groups in total. The van der Waals surface area contributed by atoms with Crippen LogP contribution in [0.5, 0.6) is 0 Å². The summed E-state index contributed by atoms with van der Waals surface area (Å²) in [6.07, 6.45) is 1.78. The fourth-order valence-corrected chi connectivity index (χ4v) is 1.12. The predicted molar refractivity (Wildman–Crippen MR) is 36.5 cm³/mol.